The van der Waals surface area contributed by atoms with Crippen LogP contribution in [0.25, 0.3) is 0 Å². The van der Waals surface area contributed by atoms with Gasteiger partial charge in [-0.2, -0.15) is 0 Å². The minimum absolute atomic E-state index is 0.628. The van der Waals surface area contributed by atoms with E-state index in [1.165, 1.54) is 6.42 Å². The van der Waals surface area contributed by atoms with Gasteiger partial charge in [0.15, 0.2) is 0 Å². The zero-order valence-electron chi connectivity index (χ0n) is 12.3. The highest BCUT2D eigenvalue weighted by molar-refractivity contribution is 5.39. The van der Waals surface area contributed by atoms with E-state index in [4.69, 9.17) is 0 Å². The highest BCUT2D eigenvalue weighted by atomic mass is 15.1. The largest absolute Gasteiger partial charge is 0.369 e. The highest BCUT2D eigenvalue weighted by Gasteiger charge is 2.03. The van der Waals surface area contributed by atoms with Gasteiger partial charge in [0.25, 0.3) is 0 Å². The van der Waals surface area contributed by atoms with Gasteiger partial charge in [-0.25, -0.2) is 4.98 Å². The molecular weight excluding hydrogens is 224 g/mol. The SMILES string of the molecule is Cc1cnc(C)c(NCCCCN(C)C(C)C)n1. The third-order valence-electron chi connectivity index (χ3n) is 3.19. The predicted octanol–water partition coefficient (Wildman–Crippen LogP) is 2.63. The smallest absolute Gasteiger partial charge is 0.147 e. The van der Waals surface area contributed by atoms with Crippen LogP contribution in [0.15, 0.2) is 6.20 Å². The van der Waals surface area contributed by atoms with Crippen molar-refractivity contribution >= 4 is 5.82 Å². The van der Waals surface area contributed by atoms with Gasteiger partial charge in [-0.05, 0) is 54.1 Å². The third-order valence-corrected chi connectivity index (χ3v) is 3.19. The molecule has 1 aromatic heterocycles. The molecule has 1 heterocycles. The Bertz CT molecular complexity index is 363. The number of hydrogen-bond donors (Lipinski definition) is 1. The maximum absolute atomic E-state index is 4.45. The monoisotopic (exact) mass is 250 g/mol. The molecule has 0 saturated heterocycles. The summed E-state index contributed by atoms with van der Waals surface area (Å²) in [5.74, 6) is 0.923. The van der Waals surface area contributed by atoms with Crippen LogP contribution in [0.5, 0.6) is 0 Å². The number of nitrogens with zero attached hydrogens (tertiary/aromatic N) is 3. The Morgan fingerprint density at radius 3 is 2.67 bits per heavy atom. The van der Waals surface area contributed by atoms with Crippen molar-refractivity contribution in [2.24, 2.45) is 0 Å². The Kier molecular flexibility index (Phi) is 6.05. The highest BCUT2D eigenvalue weighted by Crippen LogP contribution is 2.08. The van der Waals surface area contributed by atoms with E-state index in [0.29, 0.717) is 6.04 Å². The van der Waals surface area contributed by atoms with Gasteiger partial charge < -0.3 is 10.2 Å². The van der Waals surface area contributed by atoms with Crippen LogP contribution >= 0.6 is 0 Å². The van der Waals surface area contributed by atoms with Gasteiger partial charge in [-0.15, -0.1) is 0 Å². The van der Waals surface area contributed by atoms with E-state index in [0.717, 1.165) is 36.7 Å². The summed E-state index contributed by atoms with van der Waals surface area (Å²) < 4.78 is 0. The van der Waals surface area contributed by atoms with E-state index in [1.807, 2.05) is 13.8 Å². The van der Waals surface area contributed by atoms with Gasteiger partial charge in [0, 0.05) is 18.8 Å². The van der Waals surface area contributed by atoms with Gasteiger partial charge in [0.2, 0.25) is 0 Å². The van der Waals surface area contributed by atoms with Crippen molar-refractivity contribution in [3.05, 3.63) is 17.6 Å². The molecule has 0 bridgehead atoms. The molecule has 0 fully saturated rings. The standard InChI is InChI=1S/C14H26N4/c1-11(2)18(5)9-7-6-8-15-14-13(4)16-10-12(3)17-14/h10-11H,6-9H2,1-5H3,(H,15,17). The zero-order chi connectivity index (χ0) is 13.5. The molecule has 1 rings (SSSR count). The van der Waals surface area contributed by atoms with Crippen molar-refractivity contribution in [3.63, 3.8) is 0 Å². The zero-order valence-corrected chi connectivity index (χ0v) is 12.3. The molecule has 0 atom stereocenters. The van der Waals surface area contributed by atoms with Crippen molar-refractivity contribution in [2.45, 2.75) is 46.6 Å². The number of unbranched alkanes of at least 4 members (excludes halogenated alkanes) is 1. The summed E-state index contributed by atoms with van der Waals surface area (Å²) in [5.41, 5.74) is 1.93. The molecule has 0 radical (unpaired) electrons. The van der Waals surface area contributed by atoms with Gasteiger partial charge in [-0.3, -0.25) is 4.98 Å². The van der Waals surface area contributed by atoms with Crippen molar-refractivity contribution in [2.75, 3.05) is 25.5 Å². The topological polar surface area (TPSA) is 41.1 Å². The predicted molar refractivity (Wildman–Crippen MR) is 77.0 cm³/mol. The molecule has 4 nitrogen and oxygen atoms in total. The molecule has 0 aromatic carbocycles. The van der Waals surface area contributed by atoms with E-state index in [1.54, 1.807) is 6.20 Å². The van der Waals surface area contributed by atoms with Gasteiger partial charge >= 0.3 is 0 Å². The molecule has 0 unspecified atom stereocenters. The maximum Gasteiger partial charge on any atom is 0.147 e. The normalized spacial score (nSPS) is 11.3. The fraction of sp³-hybridized carbons (Fsp3) is 0.714. The lowest BCUT2D eigenvalue weighted by Gasteiger charge is -2.20. The molecule has 0 saturated carbocycles. The molecule has 0 amide bonds. The minimum Gasteiger partial charge on any atom is -0.369 e. The fourth-order valence-corrected chi connectivity index (χ4v) is 1.66. The molecule has 102 valence electrons. The second-order valence-corrected chi connectivity index (χ2v) is 5.15. The second kappa shape index (κ2) is 7.31. The molecule has 0 aliphatic heterocycles. The summed E-state index contributed by atoms with van der Waals surface area (Å²) in [6.45, 7) is 10.5. The van der Waals surface area contributed by atoms with Gasteiger partial charge in [-0.1, -0.05) is 0 Å². The molecule has 1 N–H and O–H groups in total. The van der Waals surface area contributed by atoms with E-state index >= 15 is 0 Å². The Morgan fingerprint density at radius 1 is 1.28 bits per heavy atom. The molecule has 18 heavy (non-hydrogen) atoms. The van der Waals surface area contributed by atoms with Crippen molar-refractivity contribution < 1.29 is 0 Å². The number of anilines is 1. The van der Waals surface area contributed by atoms with Crippen LogP contribution in [0.3, 0.4) is 0 Å². The van der Waals surface area contributed by atoms with Gasteiger partial charge in [0.05, 0.1) is 11.4 Å². The molecule has 1 aromatic rings. The average Bonchev–Trinajstić information content (AvgIpc) is 2.32. The molecule has 0 aliphatic carbocycles. The summed E-state index contributed by atoms with van der Waals surface area (Å²) >= 11 is 0. The Morgan fingerprint density at radius 2 is 2.00 bits per heavy atom. The van der Waals surface area contributed by atoms with E-state index in [9.17, 15) is 0 Å². The Labute approximate surface area is 111 Å². The van der Waals surface area contributed by atoms with Crippen molar-refractivity contribution in [1.82, 2.24) is 14.9 Å². The van der Waals surface area contributed by atoms with E-state index in [-0.39, 0.29) is 0 Å². The molecule has 0 spiro atoms. The summed E-state index contributed by atoms with van der Waals surface area (Å²) in [6, 6.07) is 0.628. The number of rotatable bonds is 7. The first-order valence-electron chi connectivity index (χ1n) is 6.75. The van der Waals surface area contributed by atoms with Gasteiger partial charge in [0.1, 0.15) is 5.82 Å². The number of nitrogens with one attached hydrogen (secondary N) is 1. The van der Waals surface area contributed by atoms with Crippen LogP contribution in [-0.2, 0) is 0 Å². The fourth-order valence-electron chi connectivity index (χ4n) is 1.66. The van der Waals surface area contributed by atoms with Crippen LogP contribution in [0.1, 0.15) is 38.1 Å². The summed E-state index contributed by atoms with van der Waals surface area (Å²) in [5, 5.41) is 3.36. The average molecular weight is 250 g/mol. The molecule has 4 heteroatoms. The Balaban J connectivity index is 2.24. The summed E-state index contributed by atoms with van der Waals surface area (Å²) in [6.07, 6.45) is 4.17. The lowest BCUT2D eigenvalue weighted by Crippen LogP contribution is -2.27. The van der Waals surface area contributed by atoms with Crippen LogP contribution in [-0.4, -0.2) is 41.0 Å². The van der Waals surface area contributed by atoms with Crippen LogP contribution < -0.4 is 5.32 Å². The number of aromatic nitrogens is 2. The number of hydrogen-bond acceptors (Lipinski definition) is 4. The lowest BCUT2D eigenvalue weighted by atomic mass is 10.2. The first kappa shape index (κ1) is 14.9. The minimum atomic E-state index is 0.628. The summed E-state index contributed by atoms with van der Waals surface area (Å²) in [4.78, 5) is 11.1. The quantitative estimate of drug-likeness (QED) is 0.755. The first-order valence-corrected chi connectivity index (χ1v) is 6.75. The van der Waals surface area contributed by atoms with Crippen LogP contribution in [0.2, 0.25) is 0 Å². The third kappa shape index (κ3) is 5.00. The Hall–Kier alpha value is -1.16. The first-order chi connectivity index (χ1) is 8.50. The summed E-state index contributed by atoms with van der Waals surface area (Å²) in [7, 11) is 2.17. The molecular formula is C14H26N4. The van der Waals surface area contributed by atoms with E-state index < -0.39 is 0 Å². The number of aryl methyl sites for hydroxylation is 2. The van der Waals surface area contributed by atoms with Crippen LogP contribution in [0, 0.1) is 13.8 Å². The van der Waals surface area contributed by atoms with Crippen LogP contribution in [0.4, 0.5) is 5.82 Å². The molecule has 0 aliphatic rings. The maximum atomic E-state index is 4.45. The van der Waals surface area contributed by atoms with E-state index in [2.05, 4.69) is 41.1 Å². The van der Waals surface area contributed by atoms with Crippen molar-refractivity contribution in [3.8, 4) is 0 Å². The second-order valence-electron chi connectivity index (χ2n) is 5.15. The lowest BCUT2D eigenvalue weighted by molar-refractivity contribution is 0.269. The van der Waals surface area contributed by atoms with Crippen molar-refractivity contribution in [1.29, 1.82) is 0 Å².